The molecule has 0 saturated carbocycles. The van der Waals surface area contributed by atoms with Crippen molar-refractivity contribution in [1.29, 1.82) is 0 Å². The van der Waals surface area contributed by atoms with Crippen LogP contribution in [0.3, 0.4) is 0 Å². The van der Waals surface area contributed by atoms with Gasteiger partial charge in [-0.1, -0.05) is 58.4 Å². The molecule has 82 valence electrons. The summed E-state index contributed by atoms with van der Waals surface area (Å²) in [6.45, 7) is 0.601. The molecule has 0 saturated heterocycles. The summed E-state index contributed by atoms with van der Waals surface area (Å²) in [6.07, 6.45) is 0.940. The van der Waals surface area contributed by atoms with Gasteiger partial charge >= 0.3 is 0 Å². The Hall–Kier alpha value is -1.12. The summed E-state index contributed by atoms with van der Waals surface area (Å²) in [6, 6.07) is 16.7. The lowest BCUT2D eigenvalue weighted by atomic mass is 10.0. The molecular weight excluding hydrogens is 262 g/mol. The minimum Gasteiger partial charge on any atom is -0.326 e. The van der Waals surface area contributed by atoms with Crippen LogP contribution in [0.15, 0.2) is 53.0 Å². The quantitative estimate of drug-likeness (QED) is 0.912. The van der Waals surface area contributed by atoms with Crippen molar-refractivity contribution in [1.82, 2.24) is 0 Å². The molecule has 0 aliphatic rings. The fourth-order valence-corrected chi connectivity index (χ4v) is 2.15. The predicted octanol–water partition coefficient (Wildman–Crippen LogP) is 3.50. The number of nitrogens with two attached hydrogens (primary N) is 1. The number of hydrogen-bond donors (Lipinski definition) is 1. The smallest absolute Gasteiger partial charge is 0.0210 e. The minimum atomic E-state index is 0.601. The third-order valence-electron chi connectivity index (χ3n) is 2.58. The molecule has 0 amide bonds. The molecule has 0 heterocycles. The molecule has 0 bridgehead atoms. The van der Waals surface area contributed by atoms with Gasteiger partial charge in [0.25, 0.3) is 0 Å². The van der Waals surface area contributed by atoms with Crippen LogP contribution in [0.5, 0.6) is 0 Å². The van der Waals surface area contributed by atoms with E-state index in [1.54, 1.807) is 0 Å². The maximum absolute atomic E-state index is 5.63. The highest BCUT2D eigenvalue weighted by Crippen LogP contribution is 2.19. The van der Waals surface area contributed by atoms with Crippen molar-refractivity contribution in [3.8, 4) is 0 Å². The molecule has 0 atom stereocenters. The van der Waals surface area contributed by atoms with Crippen LogP contribution >= 0.6 is 15.9 Å². The van der Waals surface area contributed by atoms with E-state index in [-0.39, 0.29) is 0 Å². The third-order valence-corrected chi connectivity index (χ3v) is 3.35. The van der Waals surface area contributed by atoms with Crippen molar-refractivity contribution < 1.29 is 0 Å². The SMILES string of the molecule is NCc1cccc(Cc2ccccc2Br)c1. The monoisotopic (exact) mass is 275 g/mol. The number of benzene rings is 2. The Morgan fingerprint density at radius 1 is 0.938 bits per heavy atom. The molecule has 0 aromatic heterocycles. The van der Waals surface area contributed by atoms with Gasteiger partial charge in [0.2, 0.25) is 0 Å². The van der Waals surface area contributed by atoms with Gasteiger partial charge in [-0.05, 0) is 29.2 Å². The first-order valence-corrected chi connectivity index (χ1v) is 6.10. The molecule has 2 heteroatoms. The fourth-order valence-electron chi connectivity index (χ4n) is 1.73. The first-order chi connectivity index (χ1) is 7.79. The highest BCUT2D eigenvalue weighted by atomic mass is 79.9. The molecular formula is C14H14BrN. The van der Waals surface area contributed by atoms with Crippen LogP contribution in [-0.4, -0.2) is 0 Å². The van der Waals surface area contributed by atoms with Gasteiger partial charge in [-0.2, -0.15) is 0 Å². The van der Waals surface area contributed by atoms with Crippen LogP contribution in [-0.2, 0) is 13.0 Å². The van der Waals surface area contributed by atoms with E-state index in [1.165, 1.54) is 16.7 Å². The molecule has 0 unspecified atom stereocenters. The van der Waals surface area contributed by atoms with Crippen LogP contribution in [0.1, 0.15) is 16.7 Å². The molecule has 0 aliphatic heterocycles. The van der Waals surface area contributed by atoms with Gasteiger partial charge in [-0.15, -0.1) is 0 Å². The van der Waals surface area contributed by atoms with Crippen LogP contribution in [0.4, 0.5) is 0 Å². The first-order valence-electron chi connectivity index (χ1n) is 5.31. The van der Waals surface area contributed by atoms with Gasteiger partial charge in [-0.25, -0.2) is 0 Å². The summed E-state index contributed by atoms with van der Waals surface area (Å²) in [5.41, 5.74) is 9.42. The average molecular weight is 276 g/mol. The zero-order chi connectivity index (χ0) is 11.4. The maximum Gasteiger partial charge on any atom is 0.0210 e. The van der Waals surface area contributed by atoms with Crippen molar-refractivity contribution in [3.05, 3.63) is 69.7 Å². The lowest BCUT2D eigenvalue weighted by Gasteiger charge is -2.06. The van der Waals surface area contributed by atoms with Crippen molar-refractivity contribution in [3.63, 3.8) is 0 Å². The summed E-state index contributed by atoms with van der Waals surface area (Å²) >= 11 is 3.56. The van der Waals surface area contributed by atoms with Crippen LogP contribution < -0.4 is 5.73 Å². The Kier molecular flexibility index (Phi) is 3.75. The molecule has 2 aromatic carbocycles. The van der Waals surface area contributed by atoms with Crippen LogP contribution in [0, 0.1) is 0 Å². The van der Waals surface area contributed by atoms with E-state index in [9.17, 15) is 0 Å². The van der Waals surface area contributed by atoms with Crippen molar-refractivity contribution in [2.24, 2.45) is 5.73 Å². The van der Waals surface area contributed by atoms with Gasteiger partial charge in [0.05, 0.1) is 0 Å². The lowest BCUT2D eigenvalue weighted by Crippen LogP contribution is -1.97. The molecule has 2 aromatic rings. The second-order valence-corrected chi connectivity index (χ2v) is 4.65. The third kappa shape index (κ3) is 2.71. The maximum atomic E-state index is 5.63. The first kappa shape index (κ1) is 11.4. The lowest BCUT2D eigenvalue weighted by molar-refractivity contribution is 1.05. The Labute approximate surface area is 104 Å². The summed E-state index contributed by atoms with van der Waals surface area (Å²) in [7, 11) is 0. The fraction of sp³-hybridized carbons (Fsp3) is 0.143. The summed E-state index contributed by atoms with van der Waals surface area (Å²) in [5, 5.41) is 0. The van der Waals surface area contributed by atoms with E-state index in [2.05, 4.69) is 58.4 Å². The van der Waals surface area contributed by atoms with Crippen LogP contribution in [0.25, 0.3) is 0 Å². The van der Waals surface area contributed by atoms with Crippen molar-refractivity contribution in [2.75, 3.05) is 0 Å². The highest BCUT2D eigenvalue weighted by Gasteiger charge is 2.00. The minimum absolute atomic E-state index is 0.601. The topological polar surface area (TPSA) is 26.0 Å². The molecule has 0 aliphatic carbocycles. The number of halogens is 1. The van der Waals surface area contributed by atoms with Gasteiger partial charge in [0, 0.05) is 11.0 Å². The van der Waals surface area contributed by atoms with Gasteiger partial charge < -0.3 is 5.73 Å². The summed E-state index contributed by atoms with van der Waals surface area (Å²) < 4.78 is 1.16. The standard InChI is InChI=1S/C14H14BrN/c15-14-7-2-1-6-13(14)9-11-4-3-5-12(8-11)10-16/h1-8H,9-10,16H2. The van der Waals surface area contributed by atoms with E-state index in [4.69, 9.17) is 5.73 Å². The van der Waals surface area contributed by atoms with E-state index in [1.807, 2.05) is 6.07 Å². The molecule has 0 radical (unpaired) electrons. The summed E-state index contributed by atoms with van der Waals surface area (Å²) in [5.74, 6) is 0. The normalized spacial score (nSPS) is 10.4. The number of rotatable bonds is 3. The molecule has 16 heavy (non-hydrogen) atoms. The van der Waals surface area contributed by atoms with Gasteiger partial charge in [0.15, 0.2) is 0 Å². The molecule has 2 rings (SSSR count). The van der Waals surface area contributed by atoms with E-state index < -0.39 is 0 Å². The molecule has 0 spiro atoms. The van der Waals surface area contributed by atoms with Gasteiger partial charge in [0.1, 0.15) is 0 Å². The van der Waals surface area contributed by atoms with E-state index in [0.717, 1.165) is 10.9 Å². The Morgan fingerprint density at radius 2 is 1.69 bits per heavy atom. The molecule has 2 N–H and O–H groups in total. The zero-order valence-corrected chi connectivity index (χ0v) is 10.6. The van der Waals surface area contributed by atoms with E-state index in [0.29, 0.717) is 6.54 Å². The van der Waals surface area contributed by atoms with E-state index >= 15 is 0 Å². The molecule has 1 nitrogen and oxygen atoms in total. The van der Waals surface area contributed by atoms with Crippen molar-refractivity contribution in [2.45, 2.75) is 13.0 Å². The van der Waals surface area contributed by atoms with Crippen molar-refractivity contribution >= 4 is 15.9 Å². The largest absolute Gasteiger partial charge is 0.326 e. The molecule has 0 fully saturated rings. The zero-order valence-electron chi connectivity index (χ0n) is 8.99. The Morgan fingerprint density at radius 3 is 2.44 bits per heavy atom. The number of hydrogen-bond acceptors (Lipinski definition) is 1. The van der Waals surface area contributed by atoms with Gasteiger partial charge in [-0.3, -0.25) is 0 Å². The second kappa shape index (κ2) is 5.28. The Balaban J connectivity index is 2.24. The summed E-state index contributed by atoms with van der Waals surface area (Å²) in [4.78, 5) is 0. The average Bonchev–Trinajstić information content (AvgIpc) is 2.32. The highest BCUT2D eigenvalue weighted by molar-refractivity contribution is 9.10. The Bertz CT molecular complexity index is 480. The van der Waals surface area contributed by atoms with Crippen LogP contribution in [0.2, 0.25) is 0 Å². The second-order valence-electron chi connectivity index (χ2n) is 3.79. The predicted molar refractivity (Wildman–Crippen MR) is 71.3 cm³/mol.